The minimum Gasteiger partial charge on any atom is -0.372 e. The molecular formula is C19H17ClF5NOS. The van der Waals surface area contributed by atoms with E-state index in [0.29, 0.717) is 30.0 Å². The van der Waals surface area contributed by atoms with Crippen molar-refractivity contribution in [1.82, 2.24) is 4.98 Å². The molecule has 0 saturated carbocycles. The predicted octanol–water partition coefficient (Wildman–Crippen LogP) is 7.09. The van der Waals surface area contributed by atoms with Crippen LogP contribution in [0.25, 0.3) is 0 Å². The van der Waals surface area contributed by atoms with E-state index >= 15 is 0 Å². The number of pyridine rings is 1. The van der Waals surface area contributed by atoms with Crippen LogP contribution in [-0.4, -0.2) is 16.3 Å². The monoisotopic (exact) mass is 437 g/mol. The van der Waals surface area contributed by atoms with Gasteiger partial charge in [-0.3, -0.25) is 4.98 Å². The van der Waals surface area contributed by atoms with Crippen LogP contribution in [0.3, 0.4) is 0 Å². The number of benzene rings is 1. The minimum atomic E-state index is -4.40. The van der Waals surface area contributed by atoms with Crippen LogP contribution in [0.2, 0.25) is 5.02 Å². The molecule has 2 aromatic rings. The van der Waals surface area contributed by atoms with Crippen molar-refractivity contribution < 1.29 is 26.7 Å². The lowest BCUT2D eigenvalue weighted by molar-refractivity contribution is -0.137. The number of halogens is 6. The standard InChI is InChI=1S/C19H17ClF5NOS/c1-18(28-13-4-2-3-12(8-13)19(23,24)25)5-6-27-15(9-18)16-14(20)7-11(10-26-16)17(21)22/h2-4,7-8,10,15,17H,5-6,9H2,1H3. The molecule has 0 spiro atoms. The highest BCUT2D eigenvalue weighted by atomic mass is 35.5. The average molecular weight is 438 g/mol. The Morgan fingerprint density at radius 3 is 2.68 bits per heavy atom. The maximum atomic E-state index is 13.0. The highest BCUT2D eigenvalue weighted by Gasteiger charge is 2.37. The molecule has 9 heteroatoms. The van der Waals surface area contributed by atoms with Crippen molar-refractivity contribution in [3.63, 3.8) is 0 Å². The molecule has 2 nitrogen and oxygen atoms in total. The van der Waals surface area contributed by atoms with Crippen LogP contribution in [0.5, 0.6) is 0 Å². The molecular weight excluding hydrogens is 421 g/mol. The Hall–Kier alpha value is -1.38. The highest BCUT2D eigenvalue weighted by molar-refractivity contribution is 8.00. The van der Waals surface area contributed by atoms with Gasteiger partial charge in [0.2, 0.25) is 0 Å². The van der Waals surface area contributed by atoms with Crippen molar-refractivity contribution in [2.45, 2.75) is 48.1 Å². The van der Waals surface area contributed by atoms with Crippen LogP contribution in [0, 0.1) is 0 Å². The molecule has 0 radical (unpaired) electrons. The lowest BCUT2D eigenvalue weighted by Gasteiger charge is -2.37. The molecule has 0 aliphatic carbocycles. The minimum absolute atomic E-state index is 0.0936. The molecule has 1 aliphatic heterocycles. The maximum absolute atomic E-state index is 13.0. The lowest BCUT2D eigenvalue weighted by Crippen LogP contribution is -2.32. The van der Waals surface area contributed by atoms with Gasteiger partial charge in [0, 0.05) is 28.0 Å². The molecule has 2 atom stereocenters. The first-order valence-electron chi connectivity index (χ1n) is 8.49. The van der Waals surface area contributed by atoms with Gasteiger partial charge in [-0.25, -0.2) is 8.78 Å². The van der Waals surface area contributed by atoms with E-state index in [9.17, 15) is 22.0 Å². The molecule has 0 amide bonds. The summed E-state index contributed by atoms with van der Waals surface area (Å²) in [5.41, 5.74) is -0.607. The SMILES string of the molecule is CC1(Sc2cccc(C(F)(F)F)c2)CCOC(c2ncc(C(F)F)cc2Cl)C1. The van der Waals surface area contributed by atoms with Gasteiger partial charge in [0.1, 0.15) is 6.10 Å². The number of ether oxygens (including phenoxy) is 1. The zero-order valence-electron chi connectivity index (χ0n) is 14.8. The second-order valence-corrected chi connectivity index (χ2v) is 8.90. The molecule has 1 fully saturated rings. The molecule has 0 N–H and O–H groups in total. The second kappa shape index (κ2) is 8.16. The fraction of sp³-hybridized carbons (Fsp3) is 0.421. The third-order valence-corrected chi connectivity index (χ3v) is 6.20. The van der Waals surface area contributed by atoms with Crippen LogP contribution in [-0.2, 0) is 10.9 Å². The summed E-state index contributed by atoms with van der Waals surface area (Å²) in [6.07, 6.45) is -5.46. The van der Waals surface area contributed by atoms with E-state index in [-0.39, 0.29) is 10.6 Å². The number of hydrogen-bond acceptors (Lipinski definition) is 3. The van der Waals surface area contributed by atoms with E-state index in [1.807, 2.05) is 6.92 Å². The normalized spacial score (nSPS) is 23.2. The van der Waals surface area contributed by atoms with E-state index < -0.39 is 29.0 Å². The highest BCUT2D eigenvalue weighted by Crippen LogP contribution is 2.47. The van der Waals surface area contributed by atoms with Gasteiger partial charge in [-0.2, -0.15) is 13.2 Å². The largest absolute Gasteiger partial charge is 0.416 e. The number of thioether (sulfide) groups is 1. The zero-order valence-corrected chi connectivity index (χ0v) is 16.3. The van der Waals surface area contributed by atoms with Gasteiger partial charge in [-0.15, -0.1) is 11.8 Å². The van der Waals surface area contributed by atoms with Crippen LogP contribution in [0.1, 0.15) is 49.1 Å². The maximum Gasteiger partial charge on any atom is 0.416 e. The quantitative estimate of drug-likeness (QED) is 0.476. The van der Waals surface area contributed by atoms with Gasteiger partial charge in [-0.1, -0.05) is 17.7 Å². The Kier molecular flexibility index (Phi) is 6.22. The first-order chi connectivity index (χ1) is 13.1. The van der Waals surface area contributed by atoms with Gasteiger partial charge >= 0.3 is 6.18 Å². The molecule has 1 aromatic carbocycles. The molecule has 2 unspecified atom stereocenters. The van der Waals surface area contributed by atoms with Gasteiger partial charge in [-0.05, 0) is 44.0 Å². The van der Waals surface area contributed by atoms with Crippen molar-refractivity contribution in [2.75, 3.05) is 6.61 Å². The fourth-order valence-corrected chi connectivity index (χ4v) is 4.70. The lowest BCUT2D eigenvalue weighted by atomic mass is 9.94. The van der Waals surface area contributed by atoms with E-state index in [4.69, 9.17) is 16.3 Å². The Balaban J connectivity index is 1.79. The van der Waals surface area contributed by atoms with Crippen molar-refractivity contribution in [2.24, 2.45) is 0 Å². The Bertz CT molecular complexity index is 847. The first-order valence-corrected chi connectivity index (χ1v) is 9.68. The van der Waals surface area contributed by atoms with Gasteiger partial charge < -0.3 is 4.74 Å². The number of aromatic nitrogens is 1. The smallest absolute Gasteiger partial charge is 0.372 e. The van der Waals surface area contributed by atoms with Crippen LogP contribution in [0.15, 0.2) is 41.4 Å². The number of rotatable bonds is 4. The Morgan fingerprint density at radius 2 is 2.04 bits per heavy atom. The third-order valence-electron chi connectivity index (χ3n) is 4.54. The van der Waals surface area contributed by atoms with E-state index in [2.05, 4.69) is 4.98 Å². The molecule has 1 saturated heterocycles. The van der Waals surface area contributed by atoms with Gasteiger partial charge in [0.05, 0.1) is 16.3 Å². The summed E-state index contributed by atoms with van der Waals surface area (Å²) in [5.74, 6) is 0. The number of hydrogen-bond donors (Lipinski definition) is 0. The topological polar surface area (TPSA) is 22.1 Å². The molecule has 1 aliphatic rings. The summed E-state index contributed by atoms with van der Waals surface area (Å²) in [6.45, 7) is 2.30. The molecule has 28 heavy (non-hydrogen) atoms. The van der Waals surface area contributed by atoms with E-state index in [1.165, 1.54) is 23.9 Å². The summed E-state index contributed by atoms with van der Waals surface area (Å²) in [5, 5.41) is 0.0936. The molecule has 0 bridgehead atoms. The Labute approximate surface area is 168 Å². The number of nitrogens with zero attached hydrogens (tertiary/aromatic N) is 1. The van der Waals surface area contributed by atoms with Crippen LogP contribution >= 0.6 is 23.4 Å². The van der Waals surface area contributed by atoms with Crippen LogP contribution in [0.4, 0.5) is 22.0 Å². The van der Waals surface area contributed by atoms with Crippen LogP contribution < -0.4 is 0 Å². The average Bonchev–Trinajstić information content (AvgIpc) is 2.60. The zero-order chi connectivity index (χ0) is 20.5. The summed E-state index contributed by atoms with van der Waals surface area (Å²) in [7, 11) is 0. The summed E-state index contributed by atoms with van der Waals surface area (Å²) < 4.78 is 69.8. The first kappa shape index (κ1) is 21.3. The predicted molar refractivity (Wildman–Crippen MR) is 97.8 cm³/mol. The van der Waals surface area contributed by atoms with Crippen molar-refractivity contribution in [1.29, 1.82) is 0 Å². The summed E-state index contributed by atoms with van der Waals surface area (Å²) >= 11 is 7.46. The third kappa shape index (κ3) is 4.96. The summed E-state index contributed by atoms with van der Waals surface area (Å²) in [4.78, 5) is 4.55. The van der Waals surface area contributed by atoms with Crippen molar-refractivity contribution in [3.8, 4) is 0 Å². The molecule has 3 rings (SSSR count). The van der Waals surface area contributed by atoms with E-state index in [1.54, 1.807) is 6.07 Å². The van der Waals surface area contributed by atoms with Crippen molar-refractivity contribution >= 4 is 23.4 Å². The summed E-state index contributed by atoms with van der Waals surface area (Å²) in [6, 6.07) is 6.35. The number of alkyl halides is 5. The second-order valence-electron chi connectivity index (χ2n) is 6.83. The Morgan fingerprint density at radius 1 is 1.29 bits per heavy atom. The fourth-order valence-electron chi connectivity index (χ4n) is 3.08. The molecule has 2 heterocycles. The van der Waals surface area contributed by atoms with Crippen molar-refractivity contribution in [3.05, 3.63) is 58.4 Å². The molecule has 152 valence electrons. The van der Waals surface area contributed by atoms with E-state index in [0.717, 1.165) is 18.3 Å². The van der Waals surface area contributed by atoms with Gasteiger partial charge in [0.15, 0.2) is 0 Å². The molecule has 1 aromatic heterocycles. The van der Waals surface area contributed by atoms with Gasteiger partial charge in [0.25, 0.3) is 6.43 Å².